The van der Waals surface area contributed by atoms with Crippen LogP contribution in [0.15, 0.2) is 55.1 Å². The van der Waals surface area contributed by atoms with Crippen LogP contribution in [0.3, 0.4) is 0 Å². The van der Waals surface area contributed by atoms with Crippen molar-refractivity contribution in [1.29, 1.82) is 0 Å². The van der Waals surface area contributed by atoms with Gasteiger partial charge in [0.1, 0.15) is 12.7 Å². The van der Waals surface area contributed by atoms with Crippen LogP contribution in [-0.2, 0) is 13.0 Å². The van der Waals surface area contributed by atoms with Crippen LogP contribution in [0.4, 0.5) is 0 Å². The highest BCUT2D eigenvalue weighted by atomic mass is 16.3. The van der Waals surface area contributed by atoms with E-state index in [4.69, 9.17) is 0 Å². The van der Waals surface area contributed by atoms with Gasteiger partial charge in [-0.1, -0.05) is 42.5 Å². The predicted molar refractivity (Wildman–Crippen MR) is 79.7 cm³/mol. The number of hydrogen-bond donors (Lipinski definition) is 1. The van der Waals surface area contributed by atoms with Crippen LogP contribution in [0.2, 0.25) is 0 Å². The molecule has 0 amide bonds. The molecular formula is C17H15N3O. The lowest BCUT2D eigenvalue weighted by Gasteiger charge is -2.12. The number of aliphatic hydroxyl groups is 1. The van der Waals surface area contributed by atoms with Gasteiger partial charge in [0.05, 0.1) is 12.6 Å². The molecule has 21 heavy (non-hydrogen) atoms. The van der Waals surface area contributed by atoms with E-state index in [0.29, 0.717) is 6.54 Å². The third-order valence-electron chi connectivity index (χ3n) is 4.03. The van der Waals surface area contributed by atoms with E-state index in [9.17, 15) is 5.11 Å². The van der Waals surface area contributed by atoms with Crippen LogP contribution in [0.1, 0.15) is 22.8 Å². The topological polar surface area (TPSA) is 50.9 Å². The lowest BCUT2D eigenvalue weighted by atomic mass is 10.0. The normalized spacial score (nSPS) is 13.8. The van der Waals surface area contributed by atoms with Crippen LogP contribution in [0.5, 0.6) is 0 Å². The molecule has 4 heteroatoms. The van der Waals surface area contributed by atoms with Gasteiger partial charge in [-0.15, -0.1) is 0 Å². The molecule has 0 fully saturated rings. The summed E-state index contributed by atoms with van der Waals surface area (Å²) in [5, 5.41) is 14.4. The molecule has 1 aromatic heterocycles. The number of hydrogen-bond acceptors (Lipinski definition) is 3. The average molecular weight is 277 g/mol. The Hall–Kier alpha value is -2.46. The van der Waals surface area contributed by atoms with Crippen LogP contribution >= 0.6 is 0 Å². The smallest absolute Gasteiger partial charge is 0.137 e. The monoisotopic (exact) mass is 277 g/mol. The first kappa shape index (κ1) is 12.3. The molecule has 4 rings (SSSR count). The van der Waals surface area contributed by atoms with E-state index in [1.54, 1.807) is 11.0 Å². The van der Waals surface area contributed by atoms with E-state index in [0.717, 1.165) is 12.0 Å². The number of rotatable bonds is 3. The molecule has 1 unspecified atom stereocenters. The molecule has 0 aliphatic heterocycles. The average Bonchev–Trinajstić information content (AvgIpc) is 3.13. The molecule has 0 bridgehead atoms. The van der Waals surface area contributed by atoms with E-state index in [1.807, 2.05) is 6.07 Å². The van der Waals surface area contributed by atoms with E-state index >= 15 is 0 Å². The molecule has 0 saturated heterocycles. The van der Waals surface area contributed by atoms with Crippen molar-refractivity contribution >= 4 is 0 Å². The van der Waals surface area contributed by atoms with Crippen molar-refractivity contribution in [3.05, 3.63) is 71.8 Å². The summed E-state index contributed by atoms with van der Waals surface area (Å²) < 4.78 is 1.65. The van der Waals surface area contributed by atoms with E-state index in [2.05, 4.69) is 46.5 Å². The third kappa shape index (κ3) is 2.14. The largest absolute Gasteiger partial charge is 0.386 e. The summed E-state index contributed by atoms with van der Waals surface area (Å²) in [5.74, 6) is 0. The summed E-state index contributed by atoms with van der Waals surface area (Å²) in [4.78, 5) is 3.89. The van der Waals surface area contributed by atoms with E-state index in [-0.39, 0.29) is 0 Å². The van der Waals surface area contributed by atoms with E-state index in [1.165, 1.54) is 28.6 Å². The van der Waals surface area contributed by atoms with Gasteiger partial charge in [-0.05, 0) is 34.2 Å². The molecule has 4 nitrogen and oxygen atoms in total. The van der Waals surface area contributed by atoms with Crippen LogP contribution in [-0.4, -0.2) is 19.9 Å². The first-order chi connectivity index (χ1) is 10.3. The van der Waals surface area contributed by atoms with Crippen LogP contribution in [0, 0.1) is 0 Å². The second kappa shape index (κ2) is 4.82. The van der Waals surface area contributed by atoms with Gasteiger partial charge in [0.15, 0.2) is 0 Å². The third-order valence-corrected chi connectivity index (χ3v) is 4.03. The number of fused-ring (bicyclic) bond motifs is 3. The number of aromatic nitrogens is 3. The molecule has 3 aromatic rings. The maximum atomic E-state index is 10.4. The molecule has 1 aliphatic rings. The highest BCUT2D eigenvalue weighted by Gasteiger charge is 2.19. The van der Waals surface area contributed by atoms with Crippen molar-refractivity contribution in [1.82, 2.24) is 14.8 Å². The van der Waals surface area contributed by atoms with Crippen molar-refractivity contribution in [2.45, 2.75) is 19.1 Å². The minimum absolute atomic E-state index is 0.422. The summed E-state index contributed by atoms with van der Waals surface area (Å²) in [5.41, 5.74) is 6.16. The second-order valence-corrected chi connectivity index (χ2v) is 5.38. The quantitative estimate of drug-likeness (QED) is 0.626. The highest BCUT2D eigenvalue weighted by Crippen LogP contribution is 2.37. The van der Waals surface area contributed by atoms with Gasteiger partial charge < -0.3 is 5.11 Å². The minimum atomic E-state index is -0.569. The Labute approximate surface area is 122 Å². The SMILES string of the molecule is OC(Cn1cncn1)c1ccc2c(c1)Cc1ccccc1-2. The Kier molecular flexibility index (Phi) is 2.82. The Morgan fingerprint density at radius 1 is 1.10 bits per heavy atom. The predicted octanol–water partition coefficient (Wildman–Crippen LogP) is 2.58. The number of benzene rings is 2. The Balaban J connectivity index is 1.64. The molecule has 104 valence electrons. The standard InChI is InChI=1S/C17H15N3O/c21-17(9-20-11-18-10-19-20)13-5-6-16-14(8-13)7-12-3-1-2-4-15(12)16/h1-6,8,10-11,17,21H,7,9H2. The van der Waals surface area contributed by atoms with Crippen molar-refractivity contribution in [3.8, 4) is 11.1 Å². The Bertz CT molecular complexity index is 780. The fourth-order valence-electron chi connectivity index (χ4n) is 2.98. The van der Waals surface area contributed by atoms with Crippen LogP contribution in [0.25, 0.3) is 11.1 Å². The van der Waals surface area contributed by atoms with Crippen LogP contribution < -0.4 is 0 Å². The van der Waals surface area contributed by atoms with E-state index < -0.39 is 6.10 Å². The van der Waals surface area contributed by atoms with Gasteiger partial charge >= 0.3 is 0 Å². The maximum Gasteiger partial charge on any atom is 0.137 e. The molecule has 1 N–H and O–H groups in total. The fraction of sp³-hybridized carbons (Fsp3) is 0.176. The molecule has 1 heterocycles. The summed E-state index contributed by atoms with van der Waals surface area (Å²) in [6.45, 7) is 0.422. The van der Waals surface area contributed by atoms with Gasteiger partial charge in [-0.3, -0.25) is 4.68 Å². The van der Waals surface area contributed by atoms with Crippen molar-refractivity contribution in [2.75, 3.05) is 0 Å². The zero-order valence-electron chi connectivity index (χ0n) is 11.5. The molecule has 0 saturated carbocycles. The van der Waals surface area contributed by atoms with Crippen molar-refractivity contribution in [3.63, 3.8) is 0 Å². The molecule has 1 aliphatic carbocycles. The molecule has 0 radical (unpaired) electrons. The first-order valence-electron chi connectivity index (χ1n) is 7.03. The summed E-state index contributed by atoms with van der Waals surface area (Å²) >= 11 is 0. The highest BCUT2D eigenvalue weighted by molar-refractivity contribution is 5.76. The molecule has 1 atom stereocenters. The lowest BCUT2D eigenvalue weighted by Crippen LogP contribution is -2.09. The summed E-state index contributed by atoms with van der Waals surface area (Å²) in [6.07, 6.45) is 3.47. The Morgan fingerprint density at radius 3 is 2.81 bits per heavy atom. The summed E-state index contributed by atoms with van der Waals surface area (Å²) in [7, 11) is 0. The molecule has 2 aromatic carbocycles. The minimum Gasteiger partial charge on any atom is -0.386 e. The zero-order valence-corrected chi connectivity index (χ0v) is 11.5. The van der Waals surface area contributed by atoms with Crippen molar-refractivity contribution < 1.29 is 5.11 Å². The maximum absolute atomic E-state index is 10.4. The fourth-order valence-corrected chi connectivity index (χ4v) is 2.98. The number of nitrogens with zero attached hydrogens (tertiary/aromatic N) is 3. The van der Waals surface area contributed by atoms with Gasteiger partial charge in [-0.25, -0.2) is 4.98 Å². The summed E-state index contributed by atoms with van der Waals surface area (Å²) in [6, 6.07) is 14.7. The van der Waals surface area contributed by atoms with Gasteiger partial charge in [-0.2, -0.15) is 5.10 Å². The Morgan fingerprint density at radius 2 is 1.95 bits per heavy atom. The zero-order chi connectivity index (χ0) is 14.2. The lowest BCUT2D eigenvalue weighted by molar-refractivity contribution is 0.151. The van der Waals surface area contributed by atoms with Gasteiger partial charge in [0, 0.05) is 0 Å². The molecular weight excluding hydrogens is 262 g/mol. The second-order valence-electron chi connectivity index (χ2n) is 5.38. The van der Waals surface area contributed by atoms with Gasteiger partial charge in [0.25, 0.3) is 0 Å². The first-order valence-corrected chi connectivity index (χ1v) is 7.03. The molecule has 0 spiro atoms. The van der Waals surface area contributed by atoms with Crippen molar-refractivity contribution in [2.24, 2.45) is 0 Å². The van der Waals surface area contributed by atoms with Gasteiger partial charge in [0.2, 0.25) is 0 Å². The number of aliphatic hydroxyl groups excluding tert-OH is 1.